The molecule has 0 heterocycles. The first-order valence-corrected chi connectivity index (χ1v) is 14.0. The zero-order chi connectivity index (χ0) is 27.0. The van der Waals surface area contributed by atoms with Crippen molar-refractivity contribution in [3.63, 3.8) is 0 Å². The van der Waals surface area contributed by atoms with Crippen molar-refractivity contribution < 1.29 is 18.0 Å². The Hall–Kier alpha value is -3.07. The lowest BCUT2D eigenvalue weighted by Crippen LogP contribution is -2.51. The van der Waals surface area contributed by atoms with Gasteiger partial charge in [-0.3, -0.25) is 13.9 Å². The molecule has 7 nitrogen and oxygen atoms in total. The first-order valence-electron chi connectivity index (χ1n) is 11.8. The van der Waals surface area contributed by atoms with Crippen LogP contribution in [0.25, 0.3) is 0 Å². The third-order valence-corrected chi connectivity index (χ3v) is 8.06. The van der Waals surface area contributed by atoms with E-state index in [9.17, 15) is 18.0 Å². The number of hydrogen-bond acceptors (Lipinski definition) is 4. The molecule has 0 aromatic heterocycles. The van der Waals surface area contributed by atoms with Gasteiger partial charge in [0.25, 0.3) is 10.0 Å². The van der Waals surface area contributed by atoms with Crippen molar-refractivity contribution >= 4 is 50.7 Å². The molecule has 3 aromatic carbocycles. The van der Waals surface area contributed by atoms with Gasteiger partial charge in [0.1, 0.15) is 12.6 Å². The predicted octanol–water partition coefficient (Wildman–Crippen LogP) is 5.13. The highest BCUT2D eigenvalue weighted by Gasteiger charge is 2.33. The molecule has 0 bridgehead atoms. The van der Waals surface area contributed by atoms with E-state index in [0.717, 1.165) is 16.3 Å². The molecule has 1 unspecified atom stereocenters. The lowest BCUT2D eigenvalue weighted by molar-refractivity contribution is -0.139. The predicted molar refractivity (Wildman–Crippen MR) is 147 cm³/mol. The molecule has 10 heteroatoms. The molecule has 1 atom stereocenters. The average Bonchev–Trinajstić information content (AvgIpc) is 2.90. The zero-order valence-electron chi connectivity index (χ0n) is 20.6. The van der Waals surface area contributed by atoms with Gasteiger partial charge in [-0.2, -0.15) is 0 Å². The normalized spacial score (nSPS) is 12.0. The standard InChI is InChI=1S/C27H29Cl2N3O4S/c1-3-17-30-27(34)20(2)31(18-21-13-15-22(28)16-14-21)26(33)19-32(25-12-8-7-11-24(25)29)37(35,36)23-9-5-4-6-10-23/h4-16,20H,3,17-19H2,1-2H3,(H,30,34). The smallest absolute Gasteiger partial charge is 0.264 e. The van der Waals surface area contributed by atoms with Gasteiger partial charge in [-0.1, -0.05) is 72.6 Å². The number of carbonyl (C=O) groups excluding carboxylic acids is 2. The van der Waals surface area contributed by atoms with E-state index in [1.165, 1.54) is 23.1 Å². The minimum Gasteiger partial charge on any atom is -0.354 e. The second-order valence-corrected chi connectivity index (χ2v) is 11.1. The molecule has 0 aliphatic heterocycles. The topological polar surface area (TPSA) is 86.8 Å². The van der Waals surface area contributed by atoms with Gasteiger partial charge >= 0.3 is 0 Å². The second kappa shape index (κ2) is 12.9. The summed E-state index contributed by atoms with van der Waals surface area (Å²) in [6.07, 6.45) is 0.735. The highest BCUT2D eigenvalue weighted by atomic mass is 35.5. The monoisotopic (exact) mass is 561 g/mol. The van der Waals surface area contributed by atoms with Crippen molar-refractivity contribution in [1.82, 2.24) is 10.2 Å². The van der Waals surface area contributed by atoms with Gasteiger partial charge in [0.05, 0.1) is 15.6 Å². The van der Waals surface area contributed by atoms with Gasteiger partial charge in [-0.15, -0.1) is 0 Å². The number of para-hydroxylation sites is 1. The van der Waals surface area contributed by atoms with Gasteiger partial charge in [0.15, 0.2) is 0 Å². The van der Waals surface area contributed by atoms with E-state index >= 15 is 0 Å². The Balaban J connectivity index is 2.01. The minimum atomic E-state index is -4.16. The van der Waals surface area contributed by atoms with Crippen LogP contribution < -0.4 is 9.62 Å². The second-order valence-electron chi connectivity index (χ2n) is 8.39. The van der Waals surface area contributed by atoms with Crippen molar-refractivity contribution in [3.05, 3.63) is 94.5 Å². The van der Waals surface area contributed by atoms with Gasteiger partial charge < -0.3 is 10.2 Å². The highest BCUT2D eigenvalue weighted by Crippen LogP contribution is 2.30. The van der Waals surface area contributed by atoms with Gasteiger partial charge in [0, 0.05) is 18.1 Å². The molecule has 3 aromatic rings. The number of amides is 2. The van der Waals surface area contributed by atoms with E-state index in [-0.39, 0.29) is 28.1 Å². The summed E-state index contributed by atoms with van der Waals surface area (Å²) in [4.78, 5) is 28.0. The number of nitrogens with one attached hydrogen (secondary N) is 1. The van der Waals surface area contributed by atoms with Crippen molar-refractivity contribution in [2.75, 3.05) is 17.4 Å². The van der Waals surface area contributed by atoms with E-state index in [1.807, 2.05) is 6.92 Å². The Bertz CT molecular complexity index is 1320. The van der Waals surface area contributed by atoms with Crippen molar-refractivity contribution in [2.45, 2.75) is 37.8 Å². The number of sulfonamides is 1. The number of rotatable bonds is 11. The summed E-state index contributed by atoms with van der Waals surface area (Å²) in [6, 6.07) is 20.3. The van der Waals surface area contributed by atoms with Crippen molar-refractivity contribution in [1.29, 1.82) is 0 Å². The van der Waals surface area contributed by atoms with Crippen LogP contribution in [0, 0.1) is 0 Å². The zero-order valence-corrected chi connectivity index (χ0v) is 22.9. The fourth-order valence-corrected chi connectivity index (χ4v) is 5.52. The maximum Gasteiger partial charge on any atom is 0.264 e. The maximum absolute atomic E-state index is 13.8. The Morgan fingerprint density at radius 2 is 1.54 bits per heavy atom. The quantitative estimate of drug-likeness (QED) is 0.351. The Morgan fingerprint density at radius 3 is 2.16 bits per heavy atom. The van der Waals surface area contributed by atoms with Crippen LogP contribution in [0.3, 0.4) is 0 Å². The number of benzene rings is 3. The molecule has 0 aliphatic carbocycles. The molecule has 1 N–H and O–H groups in total. The van der Waals surface area contributed by atoms with Crippen molar-refractivity contribution in [3.8, 4) is 0 Å². The number of anilines is 1. The fraction of sp³-hybridized carbons (Fsp3) is 0.259. The fourth-order valence-electron chi connectivity index (χ4n) is 3.65. The maximum atomic E-state index is 13.8. The first kappa shape index (κ1) is 28.5. The van der Waals surface area contributed by atoms with Gasteiger partial charge in [-0.05, 0) is 55.3 Å². The van der Waals surface area contributed by atoms with Crippen LogP contribution in [-0.2, 0) is 26.2 Å². The Labute approximate surface area is 228 Å². The highest BCUT2D eigenvalue weighted by molar-refractivity contribution is 7.92. The Kier molecular flexibility index (Phi) is 9.97. The average molecular weight is 563 g/mol. The SMILES string of the molecule is CCCNC(=O)C(C)N(Cc1ccc(Cl)cc1)C(=O)CN(c1ccccc1Cl)S(=O)(=O)c1ccccc1. The lowest BCUT2D eigenvalue weighted by atomic mass is 10.1. The summed E-state index contributed by atoms with van der Waals surface area (Å²) >= 11 is 12.4. The molecule has 0 fully saturated rings. The lowest BCUT2D eigenvalue weighted by Gasteiger charge is -2.32. The third-order valence-electron chi connectivity index (χ3n) is 5.71. The summed E-state index contributed by atoms with van der Waals surface area (Å²) in [5.74, 6) is -0.895. The van der Waals surface area contributed by atoms with Crippen LogP contribution in [0.5, 0.6) is 0 Å². The molecule has 2 amide bonds. The molecule has 0 radical (unpaired) electrons. The van der Waals surface area contributed by atoms with Gasteiger partial charge in [-0.25, -0.2) is 8.42 Å². The Morgan fingerprint density at radius 1 is 0.919 bits per heavy atom. The number of nitrogens with zero attached hydrogens (tertiary/aromatic N) is 2. The van der Waals surface area contributed by atoms with Crippen molar-refractivity contribution in [2.24, 2.45) is 0 Å². The molecular weight excluding hydrogens is 533 g/mol. The number of halogens is 2. The van der Waals surface area contributed by atoms with E-state index < -0.39 is 28.5 Å². The summed E-state index contributed by atoms with van der Waals surface area (Å²) in [6.45, 7) is 3.53. The molecule has 196 valence electrons. The summed E-state index contributed by atoms with van der Waals surface area (Å²) < 4.78 is 28.4. The van der Waals surface area contributed by atoms with Crippen LogP contribution in [0.4, 0.5) is 5.69 Å². The largest absolute Gasteiger partial charge is 0.354 e. The molecule has 0 aliphatic rings. The summed E-state index contributed by atoms with van der Waals surface area (Å²) in [7, 11) is -4.16. The first-order chi connectivity index (χ1) is 17.6. The van der Waals surface area contributed by atoms with E-state index in [4.69, 9.17) is 23.2 Å². The van der Waals surface area contributed by atoms with Gasteiger partial charge in [0.2, 0.25) is 11.8 Å². The van der Waals surface area contributed by atoms with Crippen LogP contribution in [-0.4, -0.2) is 44.3 Å². The van der Waals surface area contributed by atoms with Crippen LogP contribution in [0.2, 0.25) is 10.0 Å². The summed E-state index contributed by atoms with van der Waals surface area (Å²) in [5, 5.41) is 3.52. The molecular formula is C27H29Cl2N3O4S. The molecule has 0 saturated carbocycles. The van der Waals surface area contributed by atoms with Crippen LogP contribution >= 0.6 is 23.2 Å². The summed E-state index contributed by atoms with van der Waals surface area (Å²) in [5.41, 5.74) is 0.902. The number of carbonyl (C=O) groups is 2. The third kappa shape index (κ3) is 7.25. The molecule has 37 heavy (non-hydrogen) atoms. The van der Waals surface area contributed by atoms with Crippen LogP contribution in [0.1, 0.15) is 25.8 Å². The van der Waals surface area contributed by atoms with E-state index in [2.05, 4.69) is 5.32 Å². The van der Waals surface area contributed by atoms with E-state index in [1.54, 1.807) is 67.6 Å². The van der Waals surface area contributed by atoms with E-state index in [0.29, 0.717) is 11.6 Å². The molecule has 3 rings (SSSR count). The minimum absolute atomic E-state index is 0.0145. The number of hydrogen-bond donors (Lipinski definition) is 1. The molecule has 0 saturated heterocycles. The molecule has 0 spiro atoms. The van der Waals surface area contributed by atoms with Crippen LogP contribution in [0.15, 0.2) is 83.8 Å².